The van der Waals surface area contributed by atoms with E-state index in [9.17, 15) is 9.50 Å². The smallest absolute Gasteiger partial charge is 0.125 e. The molecule has 2 nitrogen and oxygen atoms in total. The minimum atomic E-state index is -0.392. The Bertz CT molecular complexity index is 588. The Kier molecular flexibility index (Phi) is 4.64. The van der Waals surface area contributed by atoms with Crippen LogP contribution in [0.25, 0.3) is 0 Å². The molecule has 0 fully saturated rings. The number of hydrogen-bond acceptors (Lipinski definition) is 2. The van der Waals surface area contributed by atoms with Crippen LogP contribution in [0.15, 0.2) is 36.4 Å². The van der Waals surface area contributed by atoms with Crippen LogP contribution in [0, 0.1) is 5.82 Å². The van der Waals surface area contributed by atoms with E-state index in [1.165, 1.54) is 12.1 Å². The van der Waals surface area contributed by atoms with Crippen LogP contribution in [0.4, 0.5) is 4.39 Å². The molecule has 0 saturated heterocycles. The van der Waals surface area contributed by atoms with Crippen LogP contribution in [-0.2, 0) is 13.2 Å². The van der Waals surface area contributed by atoms with Gasteiger partial charge in [0.25, 0.3) is 0 Å². The highest BCUT2D eigenvalue weighted by molar-refractivity contribution is 6.31. The van der Waals surface area contributed by atoms with Crippen LogP contribution in [0.1, 0.15) is 11.1 Å². The first-order chi connectivity index (χ1) is 9.10. The Morgan fingerprint density at radius 3 is 2.53 bits per heavy atom. The SMILES string of the molecule is OCc1cc(Cl)ccc1OCc1ccc(F)cc1Cl. The van der Waals surface area contributed by atoms with Gasteiger partial charge in [-0.3, -0.25) is 0 Å². The van der Waals surface area contributed by atoms with Gasteiger partial charge in [0, 0.05) is 16.1 Å². The molecule has 0 aliphatic heterocycles. The van der Waals surface area contributed by atoms with Gasteiger partial charge < -0.3 is 9.84 Å². The molecule has 0 atom stereocenters. The molecule has 5 heteroatoms. The summed E-state index contributed by atoms with van der Waals surface area (Å²) >= 11 is 11.7. The number of halogens is 3. The van der Waals surface area contributed by atoms with Gasteiger partial charge in [0.2, 0.25) is 0 Å². The first kappa shape index (κ1) is 14.1. The normalized spacial score (nSPS) is 10.5. The molecule has 2 rings (SSSR count). The lowest BCUT2D eigenvalue weighted by Crippen LogP contribution is -1.99. The van der Waals surface area contributed by atoms with Crippen LogP contribution in [0.2, 0.25) is 10.0 Å². The van der Waals surface area contributed by atoms with E-state index in [1.807, 2.05) is 0 Å². The predicted molar refractivity (Wildman–Crippen MR) is 73.1 cm³/mol. The standard InChI is InChI=1S/C14H11Cl2FO2/c15-11-2-4-14(10(5-11)7-18)19-8-9-1-3-12(17)6-13(9)16/h1-6,18H,7-8H2. The summed E-state index contributed by atoms with van der Waals surface area (Å²) < 4.78 is 18.5. The lowest BCUT2D eigenvalue weighted by molar-refractivity contribution is 0.259. The fraction of sp³-hybridized carbons (Fsp3) is 0.143. The number of hydrogen-bond donors (Lipinski definition) is 1. The summed E-state index contributed by atoms with van der Waals surface area (Å²) in [6.07, 6.45) is 0. The van der Waals surface area contributed by atoms with E-state index in [2.05, 4.69) is 0 Å². The van der Waals surface area contributed by atoms with Gasteiger partial charge in [-0.1, -0.05) is 29.3 Å². The highest BCUT2D eigenvalue weighted by Gasteiger charge is 2.07. The van der Waals surface area contributed by atoms with Crippen LogP contribution in [0.5, 0.6) is 5.75 Å². The zero-order chi connectivity index (χ0) is 13.8. The van der Waals surface area contributed by atoms with Crippen molar-refractivity contribution < 1.29 is 14.2 Å². The van der Waals surface area contributed by atoms with Crippen molar-refractivity contribution in [2.45, 2.75) is 13.2 Å². The van der Waals surface area contributed by atoms with Gasteiger partial charge >= 0.3 is 0 Å². The molecule has 0 spiro atoms. The summed E-state index contributed by atoms with van der Waals surface area (Å²) in [5.41, 5.74) is 1.26. The van der Waals surface area contributed by atoms with Crippen molar-refractivity contribution in [2.24, 2.45) is 0 Å². The Morgan fingerprint density at radius 1 is 1.05 bits per heavy atom. The number of aliphatic hydroxyl groups is 1. The lowest BCUT2D eigenvalue weighted by atomic mass is 10.2. The predicted octanol–water partition coefficient (Wildman–Crippen LogP) is 4.20. The molecule has 100 valence electrons. The van der Waals surface area contributed by atoms with Gasteiger partial charge in [0.15, 0.2) is 0 Å². The summed E-state index contributed by atoms with van der Waals surface area (Å²) in [5.74, 6) is 0.128. The van der Waals surface area contributed by atoms with E-state index >= 15 is 0 Å². The topological polar surface area (TPSA) is 29.5 Å². The monoisotopic (exact) mass is 300 g/mol. The van der Waals surface area contributed by atoms with Crippen LogP contribution in [-0.4, -0.2) is 5.11 Å². The maximum Gasteiger partial charge on any atom is 0.125 e. The minimum Gasteiger partial charge on any atom is -0.488 e. The second kappa shape index (κ2) is 6.24. The number of benzene rings is 2. The van der Waals surface area contributed by atoms with Crippen LogP contribution in [0.3, 0.4) is 0 Å². The molecule has 19 heavy (non-hydrogen) atoms. The molecule has 2 aromatic rings. The molecule has 0 aliphatic rings. The van der Waals surface area contributed by atoms with Gasteiger partial charge in [-0.2, -0.15) is 0 Å². The Labute approximate surface area is 120 Å². The van der Waals surface area contributed by atoms with Crippen molar-refractivity contribution in [1.82, 2.24) is 0 Å². The van der Waals surface area contributed by atoms with Crippen molar-refractivity contribution >= 4 is 23.2 Å². The van der Waals surface area contributed by atoms with E-state index < -0.39 is 5.82 Å². The van der Waals surface area contributed by atoms with Crippen LogP contribution < -0.4 is 4.74 Å². The van der Waals surface area contributed by atoms with E-state index in [0.29, 0.717) is 26.9 Å². The maximum absolute atomic E-state index is 12.9. The molecule has 0 saturated carbocycles. The van der Waals surface area contributed by atoms with Gasteiger partial charge in [-0.15, -0.1) is 0 Å². The largest absolute Gasteiger partial charge is 0.488 e. The molecule has 2 aromatic carbocycles. The molecule has 0 aromatic heterocycles. The summed E-state index contributed by atoms with van der Waals surface area (Å²) in [6.45, 7) is 0.0147. The minimum absolute atomic E-state index is 0.174. The third-order valence-corrected chi connectivity index (χ3v) is 3.18. The zero-order valence-electron chi connectivity index (χ0n) is 9.87. The molecular formula is C14H11Cl2FO2. The van der Waals surface area contributed by atoms with Crippen molar-refractivity contribution in [1.29, 1.82) is 0 Å². The fourth-order valence-electron chi connectivity index (χ4n) is 1.61. The van der Waals surface area contributed by atoms with Crippen molar-refractivity contribution in [3.8, 4) is 5.75 Å². The van der Waals surface area contributed by atoms with Crippen molar-refractivity contribution in [3.63, 3.8) is 0 Å². The summed E-state index contributed by atoms with van der Waals surface area (Å²) in [7, 11) is 0. The number of aliphatic hydroxyl groups excluding tert-OH is 1. The first-order valence-corrected chi connectivity index (χ1v) is 6.32. The highest BCUT2D eigenvalue weighted by atomic mass is 35.5. The van der Waals surface area contributed by atoms with Crippen molar-refractivity contribution in [2.75, 3.05) is 0 Å². The van der Waals surface area contributed by atoms with E-state index in [1.54, 1.807) is 24.3 Å². The summed E-state index contributed by atoms with van der Waals surface area (Å²) in [6, 6.07) is 9.08. The van der Waals surface area contributed by atoms with Gasteiger partial charge in [-0.05, 0) is 30.3 Å². The third kappa shape index (κ3) is 3.60. The average Bonchev–Trinajstić information content (AvgIpc) is 2.39. The second-order valence-corrected chi connectivity index (χ2v) is 4.78. The van der Waals surface area contributed by atoms with Gasteiger partial charge in [-0.25, -0.2) is 4.39 Å². The second-order valence-electron chi connectivity index (χ2n) is 3.93. The van der Waals surface area contributed by atoms with Gasteiger partial charge in [0.05, 0.1) is 11.6 Å². The Balaban J connectivity index is 2.14. The fourth-order valence-corrected chi connectivity index (χ4v) is 2.02. The molecule has 0 bridgehead atoms. The zero-order valence-corrected chi connectivity index (χ0v) is 11.4. The maximum atomic E-state index is 12.9. The van der Waals surface area contributed by atoms with Gasteiger partial charge in [0.1, 0.15) is 18.2 Å². The Hall–Kier alpha value is -1.29. The third-order valence-electron chi connectivity index (χ3n) is 2.59. The molecule has 1 N–H and O–H groups in total. The molecule has 0 heterocycles. The lowest BCUT2D eigenvalue weighted by Gasteiger charge is -2.11. The quantitative estimate of drug-likeness (QED) is 0.917. The molecule has 0 aliphatic carbocycles. The summed E-state index contributed by atoms with van der Waals surface area (Å²) in [4.78, 5) is 0. The Morgan fingerprint density at radius 2 is 1.84 bits per heavy atom. The number of ether oxygens (including phenoxy) is 1. The summed E-state index contributed by atoms with van der Waals surface area (Å²) in [5, 5.41) is 10.0. The van der Waals surface area contributed by atoms with E-state index in [-0.39, 0.29) is 13.2 Å². The molecular weight excluding hydrogens is 290 g/mol. The molecule has 0 unspecified atom stereocenters. The van der Waals surface area contributed by atoms with Crippen LogP contribution >= 0.6 is 23.2 Å². The van der Waals surface area contributed by atoms with E-state index in [0.717, 1.165) is 0 Å². The highest BCUT2D eigenvalue weighted by Crippen LogP contribution is 2.25. The average molecular weight is 301 g/mol. The number of rotatable bonds is 4. The van der Waals surface area contributed by atoms with E-state index in [4.69, 9.17) is 27.9 Å². The first-order valence-electron chi connectivity index (χ1n) is 5.56. The molecule has 0 radical (unpaired) electrons. The molecule has 0 amide bonds. The van der Waals surface area contributed by atoms with Crippen molar-refractivity contribution in [3.05, 3.63) is 63.4 Å².